The topological polar surface area (TPSA) is 85.9 Å². The van der Waals surface area contributed by atoms with E-state index < -0.39 is 0 Å². The number of benzene rings is 1. The molecular weight excluding hydrogens is 392 g/mol. The zero-order valence-corrected chi connectivity index (χ0v) is 17.6. The smallest absolute Gasteiger partial charge is 0.245 e. The van der Waals surface area contributed by atoms with Crippen LogP contribution in [0.1, 0.15) is 5.56 Å². The highest BCUT2D eigenvalue weighted by Crippen LogP contribution is 2.25. The number of aryl methyl sites for hydroxylation is 2. The predicted molar refractivity (Wildman–Crippen MR) is 119 cm³/mol. The van der Waals surface area contributed by atoms with Gasteiger partial charge in [0, 0.05) is 43.8 Å². The molecule has 0 amide bonds. The van der Waals surface area contributed by atoms with Crippen molar-refractivity contribution >= 4 is 17.5 Å². The highest BCUT2D eigenvalue weighted by atomic mass is 16.5. The number of morpholine rings is 1. The van der Waals surface area contributed by atoms with E-state index in [0.717, 1.165) is 53.1 Å². The molecule has 9 nitrogen and oxygen atoms in total. The number of pyridine rings is 1. The van der Waals surface area contributed by atoms with Crippen LogP contribution in [0.4, 0.5) is 17.5 Å². The van der Waals surface area contributed by atoms with Crippen molar-refractivity contribution in [2.45, 2.75) is 6.92 Å². The summed E-state index contributed by atoms with van der Waals surface area (Å²) in [5.41, 5.74) is 4.97. The van der Waals surface area contributed by atoms with Crippen LogP contribution in [0.15, 0.2) is 55.1 Å². The maximum Gasteiger partial charge on any atom is 0.245 e. The quantitative estimate of drug-likeness (QED) is 0.535. The van der Waals surface area contributed by atoms with Crippen LogP contribution in [0, 0.1) is 6.92 Å². The van der Waals surface area contributed by atoms with E-state index in [1.54, 1.807) is 15.7 Å². The number of anilines is 3. The van der Waals surface area contributed by atoms with Crippen molar-refractivity contribution in [2.75, 3.05) is 36.5 Å². The van der Waals surface area contributed by atoms with E-state index in [1.807, 2.05) is 62.8 Å². The SMILES string of the molecule is Cc1cnc(Nc2ccc(-n3cnc(N4CCOCC4)n3)cc2)cc1-c1ccn(C)n1. The zero-order chi connectivity index (χ0) is 21.2. The summed E-state index contributed by atoms with van der Waals surface area (Å²) in [6.45, 7) is 5.10. The minimum absolute atomic E-state index is 0.712. The molecule has 1 aliphatic heterocycles. The number of ether oxygens (including phenoxy) is 1. The maximum absolute atomic E-state index is 5.39. The van der Waals surface area contributed by atoms with Crippen molar-refractivity contribution < 1.29 is 4.74 Å². The molecule has 9 heteroatoms. The highest BCUT2D eigenvalue weighted by molar-refractivity contribution is 5.69. The summed E-state index contributed by atoms with van der Waals surface area (Å²) < 4.78 is 8.98. The Labute approximate surface area is 180 Å². The Morgan fingerprint density at radius 3 is 2.55 bits per heavy atom. The number of hydrogen-bond donors (Lipinski definition) is 1. The number of aromatic nitrogens is 6. The van der Waals surface area contributed by atoms with Gasteiger partial charge in [-0.3, -0.25) is 4.68 Å². The molecule has 0 unspecified atom stereocenters. The molecule has 31 heavy (non-hydrogen) atoms. The molecule has 0 bridgehead atoms. The van der Waals surface area contributed by atoms with Gasteiger partial charge in [0.1, 0.15) is 12.1 Å². The summed E-state index contributed by atoms with van der Waals surface area (Å²) in [6, 6.07) is 12.1. The van der Waals surface area contributed by atoms with Gasteiger partial charge in [0.05, 0.1) is 24.6 Å². The fraction of sp³-hybridized carbons (Fsp3) is 0.273. The lowest BCUT2D eigenvalue weighted by atomic mass is 10.1. The van der Waals surface area contributed by atoms with Crippen LogP contribution in [-0.2, 0) is 11.8 Å². The molecule has 0 atom stereocenters. The molecule has 1 aliphatic rings. The third-order valence-electron chi connectivity index (χ3n) is 5.27. The molecule has 3 aromatic heterocycles. The number of hydrogen-bond acceptors (Lipinski definition) is 7. The Hall–Kier alpha value is -3.72. The second-order valence-corrected chi connectivity index (χ2v) is 7.52. The average Bonchev–Trinajstić information content (AvgIpc) is 3.46. The Bertz CT molecular complexity index is 1170. The van der Waals surface area contributed by atoms with E-state index in [-0.39, 0.29) is 0 Å². The van der Waals surface area contributed by atoms with E-state index in [4.69, 9.17) is 4.74 Å². The van der Waals surface area contributed by atoms with E-state index in [0.29, 0.717) is 13.2 Å². The zero-order valence-electron chi connectivity index (χ0n) is 17.6. The van der Waals surface area contributed by atoms with Gasteiger partial charge in [-0.1, -0.05) is 0 Å². The molecule has 0 radical (unpaired) electrons. The molecule has 0 aliphatic carbocycles. The fourth-order valence-electron chi connectivity index (χ4n) is 3.56. The minimum Gasteiger partial charge on any atom is -0.378 e. The number of nitrogens with zero attached hydrogens (tertiary/aromatic N) is 7. The molecule has 1 N–H and O–H groups in total. The Balaban J connectivity index is 1.31. The van der Waals surface area contributed by atoms with Crippen LogP contribution in [0.3, 0.4) is 0 Å². The maximum atomic E-state index is 5.39. The minimum atomic E-state index is 0.712. The third kappa shape index (κ3) is 4.13. The molecular formula is C22H24N8O. The first-order chi connectivity index (χ1) is 15.2. The molecule has 0 saturated carbocycles. The Morgan fingerprint density at radius 1 is 1.00 bits per heavy atom. The Kier molecular flexibility index (Phi) is 5.09. The largest absolute Gasteiger partial charge is 0.378 e. The van der Waals surface area contributed by atoms with Crippen LogP contribution in [-0.4, -0.2) is 55.8 Å². The van der Waals surface area contributed by atoms with Crippen LogP contribution in [0.5, 0.6) is 0 Å². The van der Waals surface area contributed by atoms with E-state index >= 15 is 0 Å². The van der Waals surface area contributed by atoms with Gasteiger partial charge < -0.3 is 15.0 Å². The van der Waals surface area contributed by atoms with Crippen molar-refractivity contribution in [3.05, 3.63) is 60.7 Å². The van der Waals surface area contributed by atoms with Gasteiger partial charge in [0.25, 0.3) is 0 Å². The summed E-state index contributed by atoms with van der Waals surface area (Å²) in [5, 5.41) is 12.5. The second kappa shape index (κ2) is 8.19. The lowest BCUT2D eigenvalue weighted by molar-refractivity contribution is 0.122. The lowest BCUT2D eigenvalue weighted by Gasteiger charge is -2.25. The first-order valence-corrected chi connectivity index (χ1v) is 10.2. The van der Waals surface area contributed by atoms with Crippen molar-refractivity contribution in [1.82, 2.24) is 29.5 Å². The molecule has 4 aromatic rings. The van der Waals surface area contributed by atoms with Gasteiger partial charge in [-0.05, 0) is 48.9 Å². The molecule has 1 aromatic carbocycles. The molecule has 5 rings (SSSR count). The van der Waals surface area contributed by atoms with Gasteiger partial charge in [-0.15, -0.1) is 5.10 Å². The van der Waals surface area contributed by atoms with Crippen molar-refractivity contribution in [2.24, 2.45) is 7.05 Å². The molecule has 158 valence electrons. The van der Waals surface area contributed by atoms with E-state index in [2.05, 4.69) is 30.4 Å². The third-order valence-corrected chi connectivity index (χ3v) is 5.27. The summed E-state index contributed by atoms with van der Waals surface area (Å²) in [5.74, 6) is 1.51. The summed E-state index contributed by atoms with van der Waals surface area (Å²) >= 11 is 0. The van der Waals surface area contributed by atoms with Crippen LogP contribution in [0.2, 0.25) is 0 Å². The van der Waals surface area contributed by atoms with Crippen molar-refractivity contribution in [3.8, 4) is 16.9 Å². The van der Waals surface area contributed by atoms with E-state index in [9.17, 15) is 0 Å². The van der Waals surface area contributed by atoms with Gasteiger partial charge >= 0.3 is 0 Å². The average molecular weight is 416 g/mol. The summed E-state index contributed by atoms with van der Waals surface area (Å²) in [4.78, 5) is 11.1. The lowest BCUT2D eigenvalue weighted by Crippen LogP contribution is -2.37. The first-order valence-electron chi connectivity index (χ1n) is 10.2. The van der Waals surface area contributed by atoms with Gasteiger partial charge in [-0.25, -0.2) is 9.67 Å². The Morgan fingerprint density at radius 2 is 1.81 bits per heavy atom. The normalized spacial score (nSPS) is 14.1. The van der Waals surface area contributed by atoms with E-state index in [1.165, 1.54) is 0 Å². The molecule has 1 saturated heterocycles. The van der Waals surface area contributed by atoms with Gasteiger partial charge in [0.2, 0.25) is 5.95 Å². The number of rotatable bonds is 5. The monoisotopic (exact) mass is 416 g/mol. The first kappa shape index (κ1) is 19.3. The predicted octanol–water partition coefficient (Wildman–Crippen LogP) is 2.95. The molecule has 4 heterocycles. The van der Waals surface area contributed by atoms with Gasteiger partial charge in [-0.2, -0.15) is 10.1 Å². The van der Waals surface area contributed by atoms with Crippen molar-refractivity contribution in [1.29, 1.82) is 0 Å². The fourth-order valence-corrected chi connectivity index (χ4v) is 3.56. The molecule has 1 fully saturated rings. The summed E-state index contributed by atoms with van der Waals surface area (Å²) in [6.07, 6.45) is 5.55. The number of nitrogens with one attached hydrogen (secondary N) is 1. The standard InChI is InChI=1S/C22H24N8O/c1-16-14-23-21(13-19(16)20-7-8-28(2)26-20)25-17-3-5-18(6-4-17)30-15-24-22(27-30)29-9-11-31-12-10-29/h3-8,13-15H,9-12H2,1-2H3,(H,23,25). The van der Waals surface area contributed by atoms with Gasteiger partial charge in [0.15, 0.2) is 0 Å². The van der Waals surface area contributed by atoms with Crippen LogP contribution >= 0.6 is 0 Å². The van der Waals surface area contributed by atoms with Crippen molar-refractivity contribution in [3.63, 3.8) is 0 Å². The second-order valence-electron chi connectivity index (χ2n) is 7.52. The summed E-state index contributed by atoms with van der Waals surface area (Å²) in [7, 11) is 1.92. The highest BCUT2D eigenvalue weighted by Gasteiger charge is 2.15. The molecule has 0 spiro atoms. The van der Waals surface area contributed by atoms with Crippen LogP contribution in [0.25, 0.3) is 16.9 Å². The van der Waals surface area contributed by atoms with Crippen LogP contribution < -0.4 is 10.2 Å².